The summed E-state index contributed by atoms with van der Waals surface area (Å²) in [6, 6.07) is 4.36. The quantitative estimate of drug-likeness (QED) is 0.239. The van der Waals surface area contributed by atoms with Gasteiger partial charge in [-0.1, -0.05) is 12.1 Å². The number of aliphatic carboxylic acids is 1. The molecule has 0 bridgehead atoms. The van der Waals surface area contributed by atoms with Crippen molar-refractivity contribution in [2.45, 2.75) is 58.3 Å². The number of hydrogen-bond donors (Lipinski definition) is 4. The smallest absolute Gasteiger partial charge is 0.480 e. The third-order valence-electron chi connectivity index (χ3n) is 5.43. The largest absolute Gasteiger partial charge is 0.573 e. The van der Waals surface area contributed by atoms with Crippen molar-refractivity contribution in [2.24, 2.45) is 0 Å². The van der Waals surface area contributed by atoms with E-state index < -0.39 is 49.6 Å². The number of hydrogen-bond acceptors (Lipinski definition) is 8. The van der Waals surface area contributed by atoms with E-state index in [0.717, 1.165) is 12.1 Å². The van der Waals surface area contributed by atoms with Crippen LogP contribution in [0.15, 0.2) is 36.9 Å². The molecule has 0 saturated carbocycles. The van der Waals surface area contributed by atoms with Crippen molar-refractivity contribution in [3.8, 4) is 5.75 Å². The van der Waals surface area contributed by atoms with Gasteiger partial charge in [-0.15, -0.1) is 13.2 Å². The number of halogens is 3. The molecule has 0 fully saturated rings. The summed E-state index contributed by atoms with van der Waals surface area (Å²) in [5.41, 5.74) is 5.63. The number of nitrogens with one attached hydrogen (secondary N) is 2. The lowest BCUT2D eigenvalue weighted by Gasteiger charge is -2.32. The first-order valence-corrected chi connectivity index (χ1v) is 13.3. The summed E-state index contributed by atoms with van der Waals surface area (Å²) in [7, 11) is -3.75. The molecule has 3 unspecified atom stereocenters. The maximum absolute atomic E-state index is 13.9. The molecule has 38 heavy (non-hydrogen) atoms. The molecule has 2 aromatic heterocycles. The highest BCUT2D eigenvalue weighted by Gasteiger charge is 2.37. The van der Waals surface area contributed by atoms with Crippen molar-refractivity contribution in [3.05, 3.63) is 42.5 Å². The van der Waals surface area contributed by atoms with E-state index in [2.05, 4.69) is 29.9 Å². The van der Waals surface area contributed by atoms with Crippen molar-refractivity contribution in [3.63, 3.8) is 0 Å². The Hall–Kier alpha value is -3.26. The van der Waals surface area contributed by atoms with Crippen LogP contribution in [0, 0.1) is 0 Å². The normalized spacial score (nSPS) is 15.7. The van der Waals surface area contributed by atoms with E-state index in [-0.39, 0.29) is 12.4 Å². The SMILES string of the molecule is CC(Cn1cnc2c(N)ncnc21)OCP(=O)(NC(C)c1ccc(OC(F)(F)F)cc1)NC(C)(C)C(=O)O. The molecule has 0 saturated heterocycles. The molecule has 0 amide bonds. The van der Waals surface area contributed by atoms with E-state index in [0.29, 0.717) is 16.7 Å². The summed E-state index contributed by atoms with van der Waals surface area (Å²) in [5, 5.41) is 15.1. The van der Waals surface area contributed by atoms with Crippen molar-refractivity contribution >= 4 is 30.4 Å². The molecular weight excluding hydrogens is 530 g/mol. The fourth-order valence-corrected chi connectivity index (χ4v) is 5.98. The zero-order valence-electron chi connectivity index (χ0n) is 21.1. The van der Waals surface area contributed by atoms with Gasteiger partial charge in [-0.3, -0.25) is 9.36 Å². The third kappa shape index (κ3) is 7.63. The number of nitrogens with zero attached hydrogens (tertiary/aromatic N) is 4. The summed E-state index contributed by atoms with van der Waals surface area (Å²) in [5.74, 6) is -1.42. The second-order valence-corrected chi connectivity index (χ2v) is 11.4. The van der Waals surface area contributed by atoms with Crippen molar-refractivity contribution in [2.75, 3.05) is 12.1 Å². The van der Waals surface area contributed by atoms with Gasteiger partial charge < -0.3 is 24.9 Å². The highest BCUT2D eigenvalue weighted by Crippen LogP contribution is 2.42. The summed E-state index contributed by atoms with van der Waals surface area (Å²) >= 11 is 0. The van der Waals surface area contributed by atoms with Gasteiger partial charge in [0.05, 0.1) is 19.0 Å². The van der Waals surface area contributed by atoms with Crippen LogP contribution >= 0.6 is 7.44 Å². The van der Waals surface area contributed by atoms with Crippen molar-refractivity contribution < 1.29 is 37.1 Å². The highest BCUT2D eigenvalue weighted by molar-refractivity contribution is 7.59. The standard InChI is InChI=1S/C22H29F3N7O5P/c1-13(9-32-11-29-17-18(26)27-10-28-19(17)32)36-12-38(35,31-21(3,4)20(33)34)30-14(2)15-5-7-16(8-6-15)37-22(23,24)25/h5-8,10-11,13-14H,9,12H2,1-4H3,(H,33,34)(H2,26,27,28)(H2,30,31,35). The van der Waals surface area contributed by atoms with Gasteiger partial charge in [-0.2, -0.15) is 0 Å². The van der Waals surface area contributed by atoms with Crippen LogP contribution in [0.25, 0.3) is 11.2 Å². The Morgan fingerprint density at radius 3 is 2.45 bits per heavy atom. The summed E-state index contributed by atoms with van der Waals surface area (Å²) in [6.07, 6.45) is -2.91. The number of benzene rings is 1. The van der Waals surface area contributed by atoms with Crippen molar-refractivity contribution in [1.82, 2.24) is 29.7 Å². The molecule has 3 aromatic rings. The number of fused-ring (bicyclic) bond motifs is 1. The number of rotatable bonds is 12. The van der Waals surface area contributed by atoms with Crippen LogP contribution in [0.1, 0.15) is 39.3 Å². The van der Waals surface area contributed by atoms with Crippen LogP contribution in [0.3, 0.4) is 0 Å². The number of nitrogens with two attached hydrogens (primary N) is 1. The third-order valence-corrected chi connectivity index (χ3v) is 7.67. The van der Waals surface area contributed by atoms with E-state index in [9.17, 15) is 27.6 Å². The Bertz CT molecular complexity index is 1320. The minimum atomic E-state index is -4.83. The Labute approximate surface area is 216 Å². The predicted octanol–water partition coefficient (Wildman–Crippen LogP) is 3.67. The molecule has 12 nitrogen and oxygen atoms in total. The van der Waals surface area contributed by atoms with Gasteiger partial charge in [0.2, 0.25) is 7.44 Å². The first kappa shape index (κ1) is 29.3. The molecule has 0 aliphatic heterocycles. The molecule has 208 valence electrons. The van der Waals surface area contributed by atoms with Crippen molar-refractivity contribution in [1.29, 1.82) is 0 Å². The topological polar surface area (TPSA) is 167 Å². The molecule has 0 aliphatic carbocycles. The van der Waals surface area contributed by atoms with Gasteiger partial charge >= 0.3 is 12.3 Å². The maximum Gasteiger partial charge on any atom is 0.573 e. The molecule has 2 heterocycles. The zero-order chi connectivity index (χ0) is 28.3. The lowest BCUT2D eigenvalue weighted by molar-refractivity contribution is -0.274. The zero-order valence-corrected chi connectivity index (χ0v) is 22.0. The van der Waals surface area contributed by atoms with Gasteiger partial charge in [0, 0.05) is 6.04 Å². The summed E-state index contributed by atoms with van der Waals surface area (Å²) in [4.78, 5) is 24.0. The minimum Gasteiger partial charge on any atom is -0.480 e. The number of aromatic nitrogens is 4. The Morgan fingerprint density at radius 2 is 1.84 bits per heavy atom. The van der Waals surface area contributed by atoms with Crippen LogP contribution < -0.4 is 20.6 Å². The molecule has 1 aromatic carbocycles. The first-order chi connectivity index (χ1) is 17.6. The predicted molar refractivity (Wildman–Crippen MR) is 132 cm³/mol. The summed E-state index contributed by atoms with van der Waals surface area (Å²) in [6.45, 7) is 6.33. The number of nitrogen functional groups attached to an aromatic ring is 1. The number of carboxylic acid groups (broad SMARTS) is 1. The number of alkyl halides is 3. The molecule has 16 heteroatoms. The number of carboxylic acids is 1. The van der Waals surface area contributed by atoms with Gasteiger partial charge in [0.15, 0.2) is 11.5 Å². The molecule has 0 radical (unpaired) electrons. The molecule has 0 aliphatic rings. The number of imidazole rings is 1. The lowest BCUT2D eigenvalue weighted by Crippen LogP contribution is -2.47. The van der Waals surface area contributed by atoms with Crippen LogP contribution in [-0.2, 0) is 20.6 Å². The van der Waals surface area contributed by atoms with Gasteiger partial charge in [0.1, 0.15) is 29.5 Å². The molecular formula is C22H29F3N7O5P. The summed E-state index contributed by atoms with van der Waals surface area (Å²) < 4.78 is 62.7. The van der Waals surface area contributed by atoms with E-state index in [1.165, 1.54) is 38.6 Å². The average Bonchev–Trinajstić information content (AvgIpc) is 3.20. The average molecular weight is 559 g/mol. The van der Waals surface area contributed by atoms with Crippen LogP contribution in [0.4, 0.5) is 19.0 Å². The number of carbonyl (C=O) groups is 1. The highest BCUT2D eigenvalue weighted by atomic mass is 31.2. The Balaban J connectivity index is 1.73. The number of ether oxygens (including phenoxy) is 2. The second-order valence-electron chi connectivity index (χ2n) is 9.18. The van der Waals surface area contributed by atoms with Crippen LogP contribution in [0.5, 0.6) is 5.75 Å². The van der Waals surface area contributed by atoms with Gasteiger partial charge in [0.25, 0.3) is 0 Å². The fourth-order valence-electron chi connectivity index (χ4n) is 3.54. The molecule has 0 spiro atoms. The molecule has 3 rings (SSSR count). The second kappa shape index (κ2) is 11.2. The molecule has 3 atom stereocenters. The monoisotopic (exact) mass is 559 g/mol. The Morgan fingerprint density at radius 1 is 1.18 bits per heavy atom. The first-order valence-electron chi connectivity index (χ1n) is 11.4. The van der Waals surface area contributed by atoms with E-state index >= 15 is 0 Å². The van der Waals surface area contributed by atoms with Gasteiger partial charge in [-0.05, 0) is 45.4 Å². The van der Waals surface area contributed by atoms with E-state index in [1.807, 2.05) is 0 Å². The van der Waals surface area contributed by atoms with E-state index in [1.54, 1.807) is 18.4 Å². The lowest BCUT2D eigenvalue weighted by atomic mass is 10.1. The van der Waals surface area contributed by atoms with Crippen LogP contribution in [0.2, 0.25) is 0 Å². The maximum atomic E-state index is 13.9. The number of anilines is 1. The van der Waals surface area contributed by atoms with Gasteiger partial charge in [-0.25, -0.2) is 25.1 Å². The molecule has 5 N–H and O–H groups in total. The Kier molecular flexibility index (Phi) is 8.66. The van der Waals surface area contributed by atoms with Crippen LogP contribution in [-0.4, -0.2) is 54.9 Å². The van der Waals surface area contributed by atoms with E-state index in [4.69, 9.17) is 10.5 Å². The minimum absolute atomic E-state index is 0.225. The fraction of sp³-hybridized carbons (Fsp3) is 0.455.